The third-order valence-electron chi connectivity index (χ3n) is 5.52. The number of carbonyl (C=O) groups excluding carboxylic acids is 1. The molecule has 1 aliphatic rings. The van der Waals surface area contributed by atoms with Gasteiger partial charge in [0.15, 0.2) is 0 Å². The third-order valence-corrected chi connectivity index (χ3v) is 6.54. The van der Waals surface area contributed by atoms with Crippen LogP contribution in [0.25, 0.3) is 0 Å². The average molecular weight is 435 g/mol. The second kappa shape index (κ2) is 9.47. The quantitative estimate of drug-likeness (QED) is 0.470. The van der Waals surface area contributed by atoms with Gasteiger partial charge in [-0.2, -0.15) is 4.98 Å². The molecular weight excluding hydrogens is 408 g/mol. The summed E-state index contributed by atoms with van der Waals surface area (Å²) in [5, 5.41) is 3.68. The summed E-state index contributed by atoms with van der Waals surface area (Å²) in [6.45, 7) is 4.45. The van der Waals surface area contributed by atoms with Gasteiger partial charge in [-0.25, -0.2) is 4.79 Å². The van der Waals surface area contributed by atoms with Crippen LogP contribution in [0.5, 0.6) is 0 Å². The molecule has 0 saturated heterocycles. The van der Waals surface area contributed by atoms with E-state index in [1.54, 1.807) is 17.0 Å². The fourth-order valence-corrected chi connectivity index (χ4v) is 4.77. The van der Waals surface area contributed by atoms with Gasteiger partial charge in [0.2, 0.25) is 5.91 Å². The first-order valence-corrected chi connectivity index (χ1v) is 11.5. The number of aryl methyl sites for hydroxylation is 2. The van der Waals surface area contributed by atoms with Crippen molar-refractivity contribution in [3.05, 3.63) is 81.2 Å². The van der Waals surface area contributed by atoms with Crippen LogP contribution in [0.3, 0.4) is 0 Å². The van der Waals surface area contributed by atoms with Crippen LogP contribution in [0.2, 0.25) is 0 Å². The largest absolute Gasteiger partial charge is 0.349 e. The number of pyridine rings is 1. The van der Waals surface area contributed by atoms with E-state index >= 15 is 0 Å². The number of nitrogens with one attached hydrogen (secondary N) is 1. The summed E-state index contributed by atoms with van der Waals surface area (Å²) in [6, 6.07) is 9.83. The highest BCUT2D eigenvalue weighted by Crippen LogP contribution is 2.29. The standard InChI is InChI=1S/C24H26N4O2S/c1-16-9-10-17(2)20(12-16)26-22(29)15-31-23-19-7-3-4-8-21(19)28(24(30)27-23)14-18-6-5-11-25-13-18/h5-6,9-13H,3-4,7-8,14-15H2,1-2H3,(H,26,29). The smallest absolute Gasteiger partial charge is 0.325 e. The molecule has 7 heteroatoms. The number of anilines is 1. The maximum atomic E-state index is 12.9. The maximum absolute atomic E-state index is 12.9. The molecule has 160 valence electrons. The van der Waals surface area contributed by atoms with Crippen molar-refractivity contribution in [2.45, 2.75) is 51.1 Å². The molecule has 2 aromatic heterocycles. The van der Waals surface area contributed by atoms with Gasteiger partial charge in [0.25, 0.3) is 0 Å². The molecule has 0 unspecified atom stereocenters. The van der Waals surface area contributed by atoms with E-state index in [0.717, 1.165) is 59.3 Å². The topological polar surface area (TPSA) is 76.9 Å². The number of hydrogen-bond acceptors (Lipinski definition) is 5. The van der Waals surface area contributed by atoms with E-state index in [-0.39, 0.29) is 17.3 Å². The summed E-state index contributed by atoms with van der Waals surface area (Å²) in [4.78, 5) is 33.9. The molecule has 1 aromatic carbocycles. The number of amides is 1. The summed E-state index contributed by atoms with van der Waals surface area (Å²) in [6.07, 6.45) is 7.37. The number of hydrogen-bond donors (Lipinski definition) is 1. The van der Waals surface area contributed by atoms with Crippen molar-refractivity contribution in [2.75, 3.05) is 11.1 Å². The zero-order chi connectivity index (χ0) is 21.8. The maximum Gasteiger partial charge on any atom is 0.349 e. The Hall–Kier alpha value is -2.93. The van der Waals surface area contributed by atoms with Crippen LogP contribution in [0.4, 0.5) is 5.69 Å². The molecule has 31 heavy (non-hydrogen) atoms. The van der Waals surface area contributed by atoms with Crippen molar-refractivity contribution in [3.8, 4) is 0 Å². The number of rotatable bonds is 6. The van der Waals surface area contributed by atoms with Crippen molar-refractivity contribution in [2.24, 2.45) is 0 Å². The predicted octanol–water partition coefficient (Wildman–Crippen LogP) is 3.91. The summed E-state index contributed by atoms with van der Waals surface area (Å²) < 4.78 is 1.77. The fourth-order valence-electron chi connectivity index (χ4n) is 3.90. The molecular formula is C24H26N4O2S. The Balaban J connectivity index is 1.53. The first-order valence-electron chi connectivity index (χ1n) is 10.5. The second-order valence-corrected chi connectivity index (χ2v) is 8.90. The lowest BCUT2D eigenvalue weighted by Crippen LogP contribution is -2.30. The van der Waals surface area contributed by atoms with Crippen LogP contribution in [0, 0.1) is 13.8 Å². The Morgan fingerprint density at radius 3 is 2.84 bits per heavy atom. The Morgan fingerprint density at radius 1 is 1.19 bits per heavy atom. The Labute approximate surface area is 186 Å². The molecule has 1 aliphatic carbocycles. The lowest BCUT2D eigenvalue weighted by atomic mass is 9.97. The van der Waals surface area contributed by atoms with Crippen LogP contribution in [0.1, 0.15) is 40.8 Å². The van der Waals surface area contributed by atoms with Gasteiger partial charge < -0.3 is 5.32 Å². The predicted molar refractivity (Wildman–Crippen MR) is 124 cm³/mol. The van der Waals surface area contributed by atoms with E-state index < -0.39 is 0 Å². The molecule has 0 aliphatic heterocycles. The van der Waals surface area contributed by atoms with Gasteiger partial charge in [-0.15, -0.1) is 0 Å². The number of thioether (sulfide) groups is 1. The number of nitrogens with zero attached hydrogens (tertiary/aromatic N) is 3. The van der Waals surface area contributed by atoms with E-state index in [4.69, 9.17) is 0 Å². The minimum Gasteiger partial charge on any atom is -0.325 e. The van der Waals surface area contributed by atoms with Gasteiger partial charge in [-0.1, -0.05) is 30.0 Å². The van der Waals surface area contributed by atoms with Gasteiger partial charge in [-0.05, 0) is 68.4 Å². The molecule has 0 atom stereocenters. The van der Waals surface area contributed by atoms with E-state index in [9.17, 15) is 9.59 Å². The SMILES string of the molecule is Cc1ccc(C)c(NC(=O)CSc2nc(=O)n(Cc3cccnc3)c3c2CCCC3)c1. The molecule has 6 nitrogen and oxygen atoms in total. The lowest BCUT2D eigenvalue weighted by Gasteiger charge is -2.22. The van der Waals surface area contributed by atoms with Gasteiger partial charge >= 0.3 is 5.69 Å². The molecule has 0 saturated carbocycles. The van der Waals surface area contributed by atoms with Crippen LogP contribution >= 0.6 is 11.8 Å². The van der Waals surface area contributed by atoms with Crippen molar-refractivity contribution < 1.29 is 4.79 Å². The molecule has 1 N–H and O–H groups in total. The lowest BCUT2D eigenvalue weighted by molar-refractivity contribution is -0.113. The average Bonchev–Trinajstić information content (AvgIpc) is 2.78. The summed E-state index contributed by atoms with van der Waals surface area (Å²) >= 11 is 1.35. The third kappa shape index (κ3) is 5.05. The number of benzene rings is 1. The summed E-state index contributed by atoms with van der Waals surface area (Å²) in [7, 11) is 0. The Bertz CT molecular complexity index is 1160. The van der Waals surface area contributed by atoms with Crippen LogP contribution in [0.15, 0.2) is 52.5 Å². The molecule has 1 amide bonds. The Morgan fingerprint density at radius 2 is 2.03 bits per heavy atom. The highest BCUT2D eigenvalue weighted by molar-refractivity contribution is 8.00. The summed E-state index contributed by atoms with van der Waals surface area (Å²) in [5.74, 6) is 0.128. The molecule has 0 bridgehead atoms. The molecule has 2 heterocycles. The van der Waals surface area contributed by atoms with Gasteiger partial charge in [0.1, 0.15) is 5.03 Å². The first-order chi connectivity index (χ1) is 15.0. The molecule has 3 aromatic rings. The van der Waals surface area contributed by atoms with E-state index in [1.807, 2.05) is 44.2 Å². The van der Waals surface area contributed by atoms with Crippen LogP contribution < -0.4 is 11.0 Å². The molecule has 0 radical (unpaired) electrons. The van der Waals surface area contributed by atoms with Crippen molar-refractivity contribution in [1.29, 1.82) is 0 Å². The number of carbonyl (C=O) groups is 1. The minimum absolute atomic E-state index is 0.0930. The highest BCUT2D eigenvalue weighted by Gasteiger charge is 2.21. The van der Waals surface area contributed by atoms with Crippen molar-refractivity contribution in [1.82, 2.24) is 14.5 Å². The normalized spacial score (nSPS) is 13.0. The van der Waals surface area contributed by atoms with Crippen LogP contribution in [-0.2, 0) is 24.2 Å². The highest BCUT2D eigenvalue weighted by atomic mass is 32.2. The van der Waals surface area contributed by atoms with E-state index in [2.05, 4.69) is 15.3 Å². The van der Waals surface area contributed by atoms with E-state index in [1.165, 1.54) is 11.8 Å². The summed E-state index contributed by atoms with van der Waals surface area (Å²) in [5.41, 5.74) is 5.83. The molecule has 0 fully saturated rings. The minimum atomic E-state index is -0.262. The van der Waals surface area contributed by atoms with Gasteiger partial charge in [0.05, 0.1) is 12.3 Å². The van der Waals surface area contributed by atoms with Gasteiger partial charge in [-0.3, -0.25) is 14.3 Å². The number of fused-ring (bicyclic) bond motifs is 1. The molecule has 0 spiro atoms. The zero-order valence-electron chi connectivity index (χ0n) is 17.9. The molecule has 4 rings (SSSR count). The second-order valence-electron chi connectivity index (χ2n) is 7.93. The van der Waals surface area contributed by atoms with E-state index in [0.29, 0.717) is 11.6 Å². The zero-order valence-corrected chi connectivity index (χ0v) is 18.7. The first kappa shape index (κ1) is 21.3. The van der Waals surface area contributed by atoms with Crippen molar-refractivity contribution >= 4 is 23.4 Å². The Kier molecular flexibility index (Phi) is 6.51. The number of aromatic nitrogens is 3. The monoisotopic (exact) mass is 434 g/mol. The van der Waals surface area contributed by atoms with Crippen LogP contribution in [-0.4, -0.2) is 26.2 Å². The van der Waals surface area contributed by atoms with Crippen molar-refractivity contribution in [3.63, 3.8) is 0 Å². The van der Waals surface area contributed by atoms with Gasteiger partial charge in [0, 0.05) is 29.3 Å². The fraction of sp³-hybridized carbons (Fsp3) is 0.333.